The Morgan fingerprint density at radius 2 is 2.33 bits per heavy atom. The third-order valence-corrected chi connectivity index (χ3v) is 2.75. The van der Waals surface area contributed by atoms with Crippen LogP contribution in [-0.4, -0.2) is 32.4 Å². The predicted octanol–water partition coefficient (Wildman–Crippen LogP) is 1.21. The molecule has 2 heterocycles. The van der Waals surface area contributed by atoms with Crippen LogP contribution in [0.4, 0.5) is 5.82 Å². The van der Waals surface area contributed by atoms with Gasteiger partial charge in [-0.15, -0.1) is 0 Å². The molecule has 21 heavy (non-hydrogen) atoms. The molecule has 2 N–H and O–H groups in total. The van der Waals surface area contributed by atoms with E-state index in [1.807, 2.05) is 0 Å². The molecular weight excluding hydrogens is 268 g/mol. The number of aliphatic hydroxyl groups excluding tert-OH is 1. The first-order valence-electron chi connectivity index (χ1n) is 6.57. The maximum Gasteiger partial charge on any atom is 0.250 e. The van der Waals surface area contributed by atoms with Crippen molar-refractivity contribution in [2.24, 2.45) is 0 Å². The van der Waals surface area contributed by atoms with Crippen LogP contribution in [0.15, 0.2) is 36.7 Å². The average molecular weight is 284 g/mol. The van der Waals surface area contributed by atoms with E-state index in [0.29, 0.717) is 17.9 Å². The quantitative estimate of drug-likeness (QED) is 0.827. The summed E-state index contributed by atoms with van der Waals surface area (Å²) in [6.45, 7) is 1.78. The summed E-state index contributed by atoms with van der Waals surface area (Å²) in [5.41, 5.74) is 0.549. The van der Waals surface area contributed by atoms with Gasteiger partial charge in [-0.3, -0.25) is 9.48 Å². The standard InChI is InChI=1S/C15H16N4O2/c1-12(19-10-5-9-16-19)15(21)18-14-8-4-7-13(17-14)6-2-3-11-20/h4-5,7-10,12,20H,3,11H2,1H3,(H,17,18,21). The van der Waals surface area contributed by atoms with Gasteiger partial charge in [0, 0.05) is 18.8 Å². The Kier molecular flexibility index (Phi) is 5.07. The fraction of sp³-hybridized carbons (Fsp3) is 0.267. The zero-order valence-corrected chi connectivity index (χ0v) is 11.7. The Bertz CT molecular complexity index is 656. The Labute approximate surface area is 122 Å². The van der Waals surface area contributed by atoms with Crippen molar-refractivity contribution in [1.29, 1.82) is 0 Å². The van der Waals surface area contributed by atoms with Crippen LogP contribution < -0.4 is 5.32 Å². The molecule has 1 atom stereocenters. The molecule has 6 heteroatoms. The number of anilines is 1. The highest BCUT2D eigenvalue weighted by molar-refractivity contribution is 5.92. The van der Waals surface area contributed by atoms with E-state index >= 15 is 0 Å². The number of pyridine rings is 1. The van der Waals surface area contributed by atoms with Crippen molar-refractivity contribution < 1.29 is 9.90 Å². The first-order valence-corrected chi connectivity index (χ1v) is 6.57. The second-order valence-electron chi connectivity index (χ2n) is 4.33. The van der Waals surface area contributed by atoms with Crippen molar-refractivity contribution in [3.8, 4) is 11.8 Å². The van der Waals surface area contributed by atoms with E-state index < -0.39 is 6.04 Å². The molecule has 0 radical (unpaired) electrons. The highest BCUT2D eigenvalue weighted by atomic mass is 16.2. The van der Waals surface area contributed by atoms with Crippen LogP contribution in [-0.2, 0) is 4.79 Å². The second-order valence-corrected chi connectivity index (χ2v) is 4.33. The summed E-state index contributed by atoms with van der Waals surface area (Å²) in [5.74, 6) is 5.85. The van der Waals surface area contributed by atoms with Crippen LogP contribution in [0.2, 0.25) is 0 Å². The van der Waals surface area contributed by atoms with Crippen molar-refractivity contribution in [3.05, 3.63) is 42.4 Å². The molecular formula is C15H16N4O2. The molecule has 1 unspecified atom stereocenters. The van der Waals surface area contributed by atoms with Gasteiger partial charge in [-0.1, -0.05) is 12.0 Å². The van der Waals surface area contributed by atoms with Crippen LogP contribution >= 0.6 is 0 Å². The number of aromatic nitrogens is 3. The number of nitrogens with zero attached hydrogens (tertiary/aromatic N) is 3. The van der Waals surface area contributed by atoms with Crippen molar-refractivity contribution >= 4 is 11.7 Å². The SMILES string of the molecule is CC(C(=O)Nc1cccc(C#CCCO)n1)n1cccn1. The topological polar surface area (TPSA) is 80.0 Å². The molecule has 6 nitrogen and oxygen atoms in total. The lowest BCUT2D eigenvalue weighted by atomic mass is 10.3. The molecule has 0 saturated carbocycles. The number of carbonyl (C=O) groups is 1. The van der Waals surface area contributed by atoms with Gasteiger partial charge in [0.15, 0.2) is 0 Å². The minimum atomic E-state index is -0.425. The molecule has 108 valence electrons. The molecule has 0 spiro atoms. The molecule has 0 bridgehead atoms. The van der Waals surface area contributed by atoms with Crippen LogP contribution in [0.3, 0.4) is 0 Å². The summed E-state index contributed by atoms with van der Waals surface area (Å²) < 4.78 is 1.57. The summed E-state index contributed by atoms with van der Waals surface area (Å²) in [6.07, 6.45) is 3.75. The first-order chi connectivity index (χ1) is 10.2. The maximum absolute atomic E-state index is 12.1. The minimum absolute atomic E-state index is 0.0187. The molecule has 2 aromatic heterocycles. The molecule has 2 rings (SSSR count). The molecule has 0 aliphatic carbocycles. The van der Waals surface area contributed by atoms with E-state index in [1.54, 1.807) is 48.3 Å². The van der Waals surface area contributed by atoms with E-state index in [-0.39, 0.29) is 12.5 Å². The maximum atomic E-state index is 12.1. The van der Waals surface area contributed by atoms with Gasteiger partial charge in [0.25, 0.3) is 0 Å². The van der Waals surface area contributed by atoms with E-state index in [4.69, 9.17) is 5.11 Å². The Morgan fingerprint density at radius 3 is 3.05 bits per heavy atom. The minimum Gasteiger partial charge on any atom is -0.395 e. The molecule has 0 aliphatic rings. The first kappa shape index (κ1) is 14.8. The molecule has 2 aromatic rings. The number of aliphatic hydroxyl groups is 1. The smallest absolute Gasteiger partial charge is 0.250 e. The number of rotatable bonds is 4. The largest absolute Gasteiger partial charge is 0.395 e. The zero-order valence-electron chi connectivity index (χ0n) is 11.7. The van der Waals surface area contributed by atoms with Gasteiger partial charge in [-0.05, 0) is 31.0 Å². The normalized spacial score (nSPS) is 11.3. The number of hydrogen-bond acceptors (Lipinski definition) is 4. The van der Waals surface area contributed by atoms with Crippen molar-refractivity contribution in [2.45, 2.75) is 19.4 Å². The van der Waals surface area contributed by atoms with Crippen LogP contribution in [0.25, 0.3) is 0 Å². The van der Waals surface area contributed by atoms with Gasteiger partial charge in [-0.25, -0.2) is 4.98 Å². The number of nitrogens with one attached hydrogen (secondary N) is 1. The van der Waals surface area contributed by atoms with E-state index in [0.717, 1.165) is 0 Å². The lowest BCUT2D eigenvalue weighted by molar-refractivity contribution is -0.119. The predicted molar refractivity (Wildman–Crippen MR) is 78.4 cm³/mol. The molecule has 0 aliphatic heterocycles. The fourth-order valence-corrected chi connectivity index (χ4v) is 1.64. The molecule has 1 amide bonds. The van der Waals surface area contributed by atoms with E-state index in [9.17, 15) is 4.79 Å². The monoisotopic (exact) mass is 284 g/mol. The fourth-order valence-electron chi connectivity index (χ4n) is 1.64. The van der Waals surface area contributed by atoms with Crippen molar-refractivity contribution in [3.63, 3.8) is 0 Å². The molecule has 0 fully saturated rings. The van der Waals surface area contributed by atoms with Crippen molar-refractivity contribution in [1.82, 2.24) is 14.8 Å². The Morgan fingerprint density at radius 1 is 1.48 bits per heavy atom. The summed E-state index contributed by atoms with van der Waals surface area (Å²) in [5, 5.41) is 15.4. The second kappa shape index (κ2) is 7.22. The number of carbonyl (C=O) groups excluding carboxylic acids is 1. The highest BCUT2D eigenvalue weighted by Gasteiger charge is 2.15. The lowest BCUT2D eigenvalue weighted by Crippen LogP contribution is -2.24. The summed E-state index contributed by atoms with van der Waals surface area (Å²) >= 11 is 0. The van der Waals surface area contributed by atoms with Gasteiger partial charge in [0.2, 0.25) is 5.91 Å². The van der Waals surface area contributed by atoms with E-state index in [1.165, 1.54) is 0 Å². The van der Waals surface area contributed by atoms with Crippen LogP contribution in [0, 0.1) is 11.8 Å². The van der Waals surface area contributed by atoms with Gasteiger partial charge >= 0.3 is 0 Å². The van der Waals surface area contributed by atoms with E-state index in [2.05, 4.69) is 27.2 Å². The summed E-state index contributed by atoms with van der Waals surface area (Å²) in [6, 6.07) is 6.55. The van der Waals surface area contributed by atoms with Gasteiger partial charge in [0.1, 0.15) is 17.6 Å². The van der Waals surface area contributed by atoms with Gasteiger partial charge in [-0.2, -0.15) is 5.10 Å². The zero-order chi connectivity index (χ0) is 15.1. The lowest BCUT2D eigenvalue weighted by Gasteiger charge is -2.12. The third-order valence-electron chi connectivity index (χ3n) is 2.75. The van der Waals surface area contributed by atoms with Crippen LogP contribution in [0.5, 0.6) is 0 Å². The van der Waals surface area contributed by atoms with Crippen LogP contribution in [0.1, 0.15) is 25.1 Å². The summed E-state index contributed by atoms with van der Waals surface area (Å²) in [7, 11) is 0. The highest BCUT2D eigenvalue weighted by Crippen LogP contribution is 2.09. The number of amides is 1. The van der Waals surface area contributed by atoms with Crippen molar-refractivity contribution in [2.75, 3.05) is 11.9 Å². The van der Waals surface area contributed by atoms with Gasteiger partial charge in [0.05, 0.1) is 6.61 Å². The van der Waals surface area contributed by atoms with Gasteiger partial charge < -0.3 is 10.4 Å². The Balaban J connectivity index is 2.04. The summed E-state index contributed by atoms with van der Waals surface area (Å²) in [4.78, 5) is 16.3. The Hall–Kier alpha value is -2.65. The number of hydrogen-bond donors (Lipinski definition) is 2. The average Bonchev–Trinajstić information content (AvgIpc) is 3.01. The molecule has 0 aromatic carbocycles. The third kappa shape index (κ3) is 4.16. The molecule has 0 saturated heterocycles.